The van der Waals surface area contributed by atoms with Crippen LogP contribution in [0.2, 0.25) is 0 Å². The first kappa shape index (κ1) is 10.2. The molecule has 0 radical (unpaired) electrons. The lowest BCUT2D eigenvalue weighted by molar-refractivity contribution is -0.146. The van der Waals surface area contributed by atoms with Crippen LogP contribution in [0, 0.1) is 5.92 Å². The number of ether oxygens (including phenoxy) is 1. The van der Waals surface area contributed by atoms with Crippen LogP contribution in [0.1, 0.15) is 23.6 Å². The second-order valence-electron chi connectivity index (χ2n) is 3.97. The third-order valence-electron chi connectivity index (χ3n) is 2.99. The van der Waals surface area contributed by atoms with E-state index in [-0.39, 0.29) is 17.9 Å². The molecule has 3 nitrogen and oxygen atoms in total. The summed E-state index contributed by atoms with van der Waals surface area (Å²) in [5, 5.41) is 0. The molecule has 0 fully saturated rings. The molecule has 3 heteroatoms. The Hall–Kier alpha value is -1.35. The average molecular weight is 205 g/mol. The molecular formula is C12H15NO2. The highest BCUT2D eigenvalue weighted by Crippen LogP contribution is 2.31. The van der Waals surface area contributed by atoms with Crippen LogP contribution in [0.5, 0.6) is 0 Å². The van der Waals surface area contributed by atoms with E-state index >= 15 is 0 Å². The molecule has 1 aromatic rings. The summed E-state index contributed by atoms with van der Waals surface area (Å²) in [4.78, 5) is 11.4. The summed E-state index contributed by atoms with van der Waals surface area (Å²) in [5.74, 6) is -0.236. The molecule has 0 aliphatic heterocycles. The first-order valence-electron chi connectivity index (χ1n) is 5.13. The molecule has 2 rings (SSSR count). The summed E-state index contributed by atoms with van der Waals surface area (Å²) >= 11 is 0. The van der Waals surface area contributed by atoms with Crippen molar-refractivity contribution >= 4 is 5.97 Å². The van der Waals surface area contributed by atoms with Crippen LogP contribution in [-0.2, 0) is 16.0 Å². The maximum atomic E-state index is 11.4. The number of hydrogen-bond acceptors (Lipinski definition) is 3. The van der Waals surface area contributed by atoms with E-state index in [0.29, 0.717) is 6.42 Å². The van der Waals surface area contributed by atoms with Gasteiger partial charge in [-0.2, -0.15) is 0 Å². The molecule has 15 heavy (non-hydrogen) atoms. The molecule has 0 amide bonds. The number of hydrogen-bond donors (Lipinski definition) is 1. The first-order valence-corrected chi connectivity index (χ1v) is 5.13. The molecule has 0 spiro atoms. The van der Waals surface area contributed by atoms with E-state index in [9.17, 15) is 4.79 Å². The van der Waals surface area contributed by atoms with E-state index in [4.69, 9.17) is 10.5 Å². The summed E-state index contributed by atoms with van der Waals surface area (Å²) in [7, 11) is 1.42. The smallest absolute Gasteiger partial charge is 0.309 e. The molecular weight excluding hydrogens is 190 g/mol. The van der Waals surface area contributed by atoms with Gasteiger partial charge >= 0.3 is 5.97 Å². The minimum Gasteiger partial charge on any atom is -0.469 e. The van der Waals surface area contributed by atoms with Crippen LogP contribution in [0.4, 0.5) is 0 Å². The highest BCUT2D eigenvalue weighted by atomic mass is 16.5. The van der Waals surface area contributed by atoms with E-state index in [0.717, 1.165) is 12.0 Å². The van der Waals surface area contributed by atoms with Crippen molar-refractivity contribution in [1.82, 2.24) is 0 Å². The van der Waals surface area contributed by atoms with Crippen LogP contribution >= 0.6 is 0 Å². The molecule has 0 bridgehead atoms. The molecule has 0 saturated carbocycles. The lowest BCUT2D eigenvalue weighted by Gasteiger charge is -2.27. The molecule has 1 aromatic carbocycles. The number of carbonyl (C=O) groups is 1. The maximum Gasteiger partial charge on any atom is 0.309 e. The zero-order valence-corrected chi connectivity index (χ0v) is 8.77. The number of esters is 1. The van der Waals surface area contributed by atoms with Gasteiger partial charge < -0.3 is 10.5 Å². The van der Waals surface area contributed by atoms with Gasteiger partial charge in [0.1, 0.15) is 0 Å². The molecule has 1 aliphatic carbocycles. The summed E-state index contributed by atoms with van der Waals surface area (Å²) in [6.45, 7) is 0. The Bertz CT molecular complexity index is 376. The van der Waals surface area contributed by atoms with Gasteiger partial charge in [0.2, 0.25) is 0 Å². The molecule has 2 atom stereocenters. The Kier molecular flexibility index (Phi) is 2.73. The molecule has 0 saturated heterocycles. The van der Waals surface area contributed by atoms with Crippen molar-refractivity contribution in [1.29, 1.82) is 0 Å². The Labute approximate surface area is 89.2 Å². The zero-order chi connectivity index (χ0) is 10.8. The number of methoxy groups -OCH3 is 1. The predicted octanol–water partition coefficient (Wildman–Crippen LogP) is 1.42. The fourth-order valence-corrected chi connectivity index (χ4v) is 2.21. The number of carbonyl (C=O) groups excluding carboxylic acids is 1. The number of benzene rings is 1. The van der Waals surface area contributed by atoms with Gasteiger partial charge in [0.15, 0.2) is 0 Å². The van der Waals surface area contributed by atoms with Crippen LogP contribution in [-0.4, -0.2) is 13.1 Å². The standard InChI is InChI=1S/C12H15NO2/c1-15-12(14)9-6-8-4-2-3-5-10(8)11(13)7-9/h2-5,9,11H,6-7,13H2,1H3/t9-,11+/m1/s1. The van der Waals surface area contributed by atoms with Gasteiger partial charge in [-0.3, -0.25) is 4.79 Å². The summed E-state index contributed by atoms with van der Waals surface area (Å²) in [6, 6.07) is 7.99. The Morgan fingerprint density at radius 2 is 2.20 bits per heavy atom. The number of rotatable bonds is 1. The van der Waals surface area contributed by atoms with Crippen LogP contribution < -0.4 is 5.73 Å². The average Bonchev–Trinajstić information content (AvgIpc) is 2.28. The van der Waals surface area contributed by atoms with Crippen molar-refractivity contribution in [2.75, 3.05) is 7.11 Å². The molecule has 2 N–H and O–H groups in total. The van der Waals surface area contributed by atoms with Gasteiger partial charge in [0.05, 0.1) is 13.0 Å². The topological polar surface area (TPSA) is 52.3 Å². The fraction of sp³-hybridized carbons (Fsp3) is 0.417. The van der Waals surface area contributed by atoms with E-state index in [1.165, 1.54) is 12.7 Å². The Morgan fingerprint density at radius 1 is 1.47 bits per heavy atom. The van der Waals surface area contributed by atoms with E-state index < -0.39 is 0 Å². The lowest BCUT2D eigenvalue weighted by atomic mass is 9.81. The van der Waals surface area contributed by atoms with E-state index in [1.807, 2.05) is 24.3 Å². The molecule has 80 valence electrons. The Morgan fingerprint density at radius 3 is 2.93 bits per heavy atom. The summed E-state index contributed by atoms with van der Waals surface area (Å²) in [6.07, 6.45) is 1.43. The number of nitrogens with two attached hydrogens (primary N) is 1. The predicted molar refractivity (Wildman–Crippen MR) is 57.2 cm³/mol. The molecule has 1 aliphatic rings. The lowest BCUT2D eigenvalue weighted by Crippen LogP contribution is -2.29. The van der Waals surface area contributed by atoms with Crippen molar-refractivity contribution < 1.29 is 9.53 Å². The Balaban J connectivity index is 2.26. The van der Waals surface area contributed by atoms with Crippen molar-refractivity contribution in [3.05, 3.63) is 35.4 Å². The van der Waals surface area contributed by atoms with Gasteiger partial charge in [-0.1, -0.05) is 24.3 Å². The highest BCUT2D eigenvalue weighted by Gasteiger charge is 2.29. The van der Waals surface area contributed by atoms with E-state index in [2.05, 4.69) is 0 Å². The van der Waals surface area contributed by atoms with Crippen molar-refractivity contribution in [3.63, 3.8) is 0 Å². The second-order valence-corrected chi connectivity index (χ2v) is 3.97. The van der Waals surface area contributed by atoms with Crippen molar-refractivity contribution in [3.8, 4) is 0 Å². The van der Waals surface area contributed by atoms with E-state index in [1.54, 1.807) is 0 Å². The largest absolute Gasteiger partial charge is 0.469 e. The molecule has 0 heterocycles. The summed E-state index contributed by atoms with van der Waals surface area (Å²) < 4.78 is 4.76. The fourth-order valence-electron chi connectivity index (χ4n) is 2.21. The maximum absolute atomic E-state index is 11.4. The van der Waals surface area contributed by atoms with Gasteiger partial charge in [0, 0.05) is 6.04 Å². The molecule has 0 unspecified atom stereocenters. The highest BCUT2D eigenvalue weighted by molar-refractivity contribution is 5.73. The normalized spacial score (nSPS) is 24.4. The summed E-state index contributed by atoms with van der Waals surface area (Å²) in [5.41, 5.74) is 8.36. The minimum absolute atomic E-state index is 0.0425. The van der Waals surface area contributed by atoms with Crippen molar-refractivity contribution in [2.45, 2.75) is 18.9 Å². The van der Waals surface area contributed by atoms with Crippen LogP contribution in [0.3, 0.4) is 0 Å². The van der Waals surface area contributed by atoms with Gasteiger partial charge in [-0.15, -0.1) is 0 Å². The number of fused-ring (bicyclic) bond motifs is 1. The monoisotopic (exact) mass is 205 g/mol. The quantitative estimate of drug-likeness (QED) is 0.705. The first-order chi connectivity index (χ1) is 7.22. The third kappa shape index (κ3) is 1.88. The molecule has 0 aromatic heterocycles. The SMILES string of the molecule is COC(=O)[C@@H]1Cc2ccccc2[C@@H](N)C1. The second kappa shape index (κ2) is 4.03. The minimum atomic E-state index is -0.153. The van der Waals surface area contributed by atoms with Crippen molar-refractivity contribution in [2.24, 2.45) is 11.7 Å². The zero-order valence-electron chi connectivity index (χ0n) is 8.77. The third-order valence-corrected chi connectivity index (χ3v) is 2.99. The van der Waals surface area contributed by atoms with Gasteiger partial charge in [0.25, 0.3) is 0 Å². The van der Waals surface area contributed by atoms with Gasteiger partial charge in [-0.05, 0) is 24.0 Å². The van der Waals surface area contributed by atoms with Gasteiger partial charge in [-0.25, -0.2) is 0 Å². The van der Waals surface area contributed by atoms with Crippen LogP contribution in [0.25, 0.3) is 0 Å². The van der Waals surface area contributed by atoms with Crippen LogP contribution in [0.15, 0.2) is 24.3 Å².